The third-order valence-electron chi connectivity index (χ3n) is 17.6. The van der Waals surface area contributed by atoms with E-state index in [0.29, 0.717) is 46.0 Å². The summed E-state index contributed by atoms with van der Waals surface area (Å²) in [5.41, 5.74) is 17.2. The molecule has 4 heterocycles. The first-order valence-corrected chi connectivity index (χ1v) is 39.7. The van der Waals surface area contributed by atoms with Crippen LogP contribution < -0.4 is 0 Å². The van der Waals surface area contributed by atoms with Crippen LogP contribution in [0.4, 0.5) is 0 Å². The summed E-state index contributed by atoms with van der Waals surface area (Å²) in [6.07, 6.45) is 0. The zero-order chi connectivity index (χ0) is 61.3. The Balaban J connectivity index is 1.08. The molecule has 0 atom stereocenters. The minimum atomic E-state index is -4.16. The highest BCUT2D eigenvalue weighted by Gasteiger charge is 2.35. The van der Waals surface area contributed by atoms with Crippen molar-refractivity contribution in [2.75, 3.05) is 0 Å². The number of hydrogen-bond donors (Lipinski definition) is 0. The molecule has 12 nitrogen and oxygen atoms in total. The molecular weight excluding hydrogens is 1260 g/mol. The molecule has 0 radical (unpaired) electrons. The van der Waals surface area contributed by atoms with Crippen molar-refractivity contribution >= 4 is 87.1 Å². The average molecular weight is 1330 g/mol. The zero-order valence-corrected chi connectivity index (χ0v) is 56.0. The first-order valence-electron chi connectivity index (χ1n) is 29.3. The van der Waals surface area contributed by atoms with E-state index in [2.05, 4.69) is 48.5 Å². The molecule has 8 aromatic carbocycles. The van der Waals surface area contributed by atoms with Crippen LogP contribution >= 0.6 is 47.0 Å². The topological polar surface area (TPSA) is 150 Å². The fourth-order valence-electron chi connectivity index (χ4n) is 12.4. The minimum Gasteiger partial charge on any atom is -0.207 e. The summed E-state index contributed by atoms with van der Waals surface area (Å²) in [7, 11) is -16.6. The molecule has 8 aromatic rings. The fourth-order valence-corrected chi connectivity index (χ4v) is 22.3. The Morgan fingerprint density at radius 3 is 0.511 bits per heavy atom. The normalized spacial score (nSPS) is 17.5. The van der Waals surface area contributed by atoms with Crippen LogP contribution in [0.25, 0.3) is 0 Å². The van der Waals surface area contributed by atoms with E-state index in [0.717, 1.165) is 111 Å². The van der Waals surface area contributed by atoms with E-state index in [4.69, 9.17) is 0 Å². The molecule has 16 bridgehead atoms. The molecule has 456 valence electrons. The molecule has 12 rings (SSSR count). The summed E-state index contributed by atoms with van der Waals surface area (Å²) in [5.74, 6) is 3.54. The van der Waals surface area contributed by atoms with E-state index in [9.17, 15) is 0 Å². The fraction of sp³-hybridized carbons (Fsp3) is 0.294. The van der Waals surface area contributed by atoms with Crippen LogP contribution in [0.15, 0.2) is 165 Å². The van der Waals surface area contributed by atoms with Gasteiger partial charge in [-0.3, -0.25) is 0 Å². The number of thioether (sulfide) groups is 4. The highest BCUT2D eigenvalue weighted by atomic mass is 32.2. The Kier molecular flexibility index (Phi) is 17.4. The lowest BCUT2D eigenvalue weighted by Gasteiger charge is -2.31. The molecule has 20 heteroatoms. The standard InChI is InChI=1S/C68H68N4O8S8/c1-45-5-13-65(14-6-45)85(73,74)69-29-49-21-51-31-70(86(75,76)66-15-7-46(2)8-16-66)32-52-22-50(30-69)58-26-60(52)40-84-44-64-28-62(42-82-38-58)54-24-56(64)36-72(88(79,80)68-19-11-48(4)12-20-68)35-55-23-53(33-71(34-54)87(77,78)67-17-9-47(3)10-18-67)61-27-63(55)43-83-39-59(51)25-57(49)37-81-41-61/h5-28H,29-44H2,1-4H3. The van der Waals surface area contributed by atoms with E-state index in [1.165, 1.54) is 0 Å². The summed E-state index contributed by atoms with van der Waals surface area (Å²) in [5, 5.41) is 0. The molecule has 0 N–H and O–H groups in total. The molecular formula is C68H68N4O8S8. The van der Waals surface area contributed by atoms with E-state index >= 15 is 33.7 Å². The molecule has 88 heavy (non-hydrogen) atoms. The van der Waals surface area contributed by atoms with E-state index in [1.807, 2.05) is 76.2 Å². The second-order valence-corrected chi connectivity index (χ2v) is 35.6. The predicted molar refractivity (Wildman–Crippen MR) is 356 cm³/mol. The molecule has 0 aromatic heterocycles. The number of benzene rings is 8. The maximum atomic E-state index is 15.5. The third-order valence-corrected chi connectivity index (χ3v) is 28.9. The van der Waals surface area contributed by atoms with Gasteiger partial charge in [0, 0.05) is 98.4 Å². The number of fused-ring (bicyclic) bond motifs is 24. The van der Waals surface area contributed by atoms with Crippen molar-refractivity contribution in [2.45, 2.75) is 146 Å². The van der Waals surface area contributed by atoms with Crippen LogP contribution in [-0.2, 0) is 138 Å². The van der Waals surface area contributed by atoms with Crippen LogP contribution in [0.1, 0.15) is 111 Å². The second kappa shape index (κ2) is 24.8. The third kappa shape index (κ3) is 12.5. The maximum Gasteiger partial charge on any atom is 0.243 e. The highest BCUT2D eigenvalue weighted by Crippen LogP contribution is 2.41. The number of hydrogen-bond acceptors (Lipinski definition) is 12. The number of rotatable bonds is 8. The molecule has 0 aliphatic carbocycles. The van der Waals surface area contributed by atoms with E-state index in [1.54, 1.807) is 113 Å². The molecule has 0 saturated carbocycles. The maximum absolute atomic E-state index is 15.5. The van der Waals surface area contributed by atoms with Gasteiger partial charge in [-0.15, -0.1) is 0 Å². The Morgan fingerprint density at radius 2 is 0.364 bits per heavy atom. The summed E-state index contributed by atoms with van der Waals surface area (Å²) in [6, 6.07) is 44.9. The van der Waals surface area contributed by atoms with Gasteiger partial charge in [0.2, 0.25) is 40.1 Å². The highest BCUT2D eigenvalue weighted by molar-refractivity contribution is 7.98. The van der Waals surface area contributed by atoms with Crippen molar-refractivity contribution < 1.29 is 33.7 Å². The zero-order valence-electron chi connectivity index (χ0n) is 49.5. The van der Waals surface area contributed by atoms with Gasteiger partial charge in [-0.25, -0.2) is 33.7 Å². The van der Waals surface area contributed by atoms with Gasteiger partial charge in [0.25, 0.3) is 0 Å². The average Bonchev–Trinajstić information content (AvgIpc) is 1.43. The van der Waals surface area contributed by atoms with Crippen molar-refractivity contribution in [3.63, 3.8) is 0 Å². The van der Waals surface area contributed by atoms with Crippen molar-refractivity contribution in [1.82, 2.24) is 17.2 Å². The SMILES string of the molecule is Cc1ccc(S(=O)(=O)N2Cc3cc4c5cc3CSCc3cc(c6cc3CN(S(=O)(=O)c3ccc(C)cc3)Cc3cc(c7cc3CSCc3cc(c(cc3C2)CN(S(=O)(=O)c2ccc(C)cc2)C4)CSC7)CN(S(=O)(=O)c2ccc(C)cc2)C6)CSC5)cc1. The quantitative estimate of drug-likeness (QED) is 0.142. The Bertz CT molecular complexity index is 3830. The van der Waals surface area contributed by atoms with Gasteiger partial charge in [0.05, 0.1) is 19.6 Å². The lowest BCUT2D eigenvalue weighted by Crippen LogP contribution is -2.34. The smallest absolute Gasteiger partial charge is 0.207 e. The van der Waals surface area contributed by atoms with Gasteiger partial charge in [-0.2, -0.15) is 64.3 Å². The second-order valence-electron chi connectivity index (χ2n) is 23.9. The molecule has 0 fully saturated rings. The number of sulfonamides is 4. The summed E-state index contributed by atoms with van der Waals surface area (Å²) in [4.78, 5) is 0.754. The largest absolute Gasteiger partial charge is 0.243 e. The van der Waals surface area contributed by atoms with Gasteiger partial charge >= 0.3 is 0 Å². The van der Waals surface area contributed by atoms with Gasteiger partial charge in [0.1, 0.15) is 0 Å². The van der Waals surface area contributed by atoms with E-state index in [-0.39, 0.29) is 71.9 Å². The summed E-state index contributed by atoms with van der Waals surface area (Å²) >= 11 is 6.59. The summed E-state index contributed by atoms with van der Waals surface area (Å²) < 4.78 is 131. The molecule has 0 spiro atoms. The van der Waals surface area contributed by atoms with Crippen molar-refractivity contribution in [1.29, 1.82) is 0 Å². The van der Waals surface area contributed by atoms with E-state index < -0.39 is 40.1 Å². The minimum absolute atomic E-state index is 0.00711. The van der Waals surface area contributed by atoms with Crippen LogP contribution in [0, 0.1) is 27.7 Å². The molecule has 0 unspecified atom stereocenters. The lowest BCUT2D eigenvalue weighted by atomic mass is 9.96. The van der Waals surface area contributed by atoms with Gasteiger partial charge in [0.15, 0.2) is 0 Å². The summed E-state index contributed by atoms with van der Waals surface area (Å²) in [6.45, 7) is 7.81. The Labute approximate surface area is 536 Å². The van der Waals surface area contributed by atoms with Crippen LogP contribution in [0.5, 0.6) is 0 Å². The van der Waals surface area contributed by atoms with Crippen molar-refractivity contribution in [3.8, 4) is 0 Å². The Hall–Kier alpha value is -5.20. The Morgan fingerprint density at radius 1 is 0.227 bits per heavy atom. The molecule has 4 aliphatic rings. The first kappa shape index (κ1) is 61.6. The number of nitrogens with zero attached hydrogens (tertiary/aromatic N) is 4. The molecule has 4 aliphatic heterocycles. The number of aryl methyl sites for hydroxylation is 4. The van der Waals surface area contributed by atoms with Gasteiger partial charge < -0.3 is 0 Å². The van der Waals surface area contributed by atoms with Crippen LogP contribution in [0.3, 0.4) is 0 Å². The van der Waals surface area contributed by atoms with Crippen molar-refractivity contribution in [3.05, 3.63) is 257 Å². The van der Waals surface area contributed by atoms with Gasteiger partial charge in [-0.05, 0) is 165 Å². The lowest BCUT2D eigenvalue weighted by molar-refractivity contribution is 0.388. The van der Waals surface area contributed by atoms with Crippen LogP contribution in [0.2, 0.25) is 0 Å². The van der Waals surface area contributed by atoms with Crippen LogP contribution in [-0.4, -0.2) is 50.9 Å². The monoisotopic (exact) mass is 1320 g/mol. The van der Waals surface area contributed by atoms with Gasteiger partial charge in [-0.1, -0.05) is 119 Å². The molecule has 0 amide bonds. The molecule has 0 saturated heterocycles. The van der Waals surface area contributed by atoms with Crippen molar-refractivity contribution in [2.24, 2.45) is 0 Å². The predicted octanol–water partition coefficient (Wildman–Crippen LogP) is 13.8. The first-order chi connectivity index (χ1) is 42.1.